The number of carbonyl (C=O) groups excluding carboxylic acids is 1. The Morgan fingerprint density at radius 2 is 0.733 bits per heavy atom. The molecule has 3 aliphatic rings. The summed E-state index contributed by atoms with van der Waals surface area (Å²) >= 11 is 4.51. The monoisotopic (exact) mass is 1660 g/mol. The largest absolute Gasteiger partial charge is 0.508 e. The Balaban J connectivity index is 0.000000138. The number of phenolic OH excluding ortho intramolecular Hbond substituents is 2. The number of benzene rings is 6. The molecule has 6 heterocycles. The van der Waals surface area contributed by atoms with Crippen LogP contribution in [0.4, 0.5) is 26.3 Å². The molecule has 12 aromatic rings. The van der Waals surface area contributed by atoms with Crippen molar-refractivity contribution in [1.82, 2.24) is 29.9 Å². The Hall–Kier alpha value is -8.71. The van der Waals surface area contributed by atoms with Crippen LogP contribution in [0.15, 0.2) is 158 Å². The number of hydrogen-bond acceptors (Lipinski definition) is 13. The van der Waals surface area contributed by atoms with E-state index < -0.39 is 23.5 Å². The van der Waals surface area contributed by atoms with Crippen molar-refractivity contribution in [3.05, 3.63) is 210 Å². The molecular weight excluding hydrogens is 1570 g/mol. The lowest BCUT2D eigenvalue weighted by Crippen LogP contribution is -2.24. The maximum atomic E-state index is 13.6. The number of nitrogens with zero attached hydrogens (tertiary/aromatic N) is 6. The van der Waals surface area contributed by atoms with E-state index in [0.29, 0.717) is 41.2 Å². The molecule has 0 bridgehead atoms. The minimum atomic E-state index is -4.55. The molecule has 15 rings (SSSR count). The number of hydrogen-bond donors (Lipinski definition) is 2. The molecule has 0 spiro atoms. The first kappa shape index (κ1) is 78.9. The first-order valence-corrected chi connectivity index (χ1v) is 37.5. The predicted molar refractivity (Wildman–Crippen MR) is 421 cm³/mol. The molecule has 0 saturated heterocycles. The summed E-state index contributed by atoms with van der Waals surface area (Å²) in [5, 5.41) is 23.0. The number of carbonyl (C=O) groups is 1. The zero-order chi connectivity index (χ0) is 75.3. The maximum absolute atomic E-state index is 13.6. The van der Waals surface area contributed by atoms with Gasteiger partial charge in [0.15, 0.2) is 6.29 Å². The van der Waals surface area contributed by atoms with E-state index in [2.05, 4.69) is 126 Å². The van der Waals surface area contributed by atoms with E-state index >= 15 is 0 Å². The number of aromatic hydroxyl groups is 2. The van der Waals surface area contributed by atoms with Crippen molar-refractivity contribution < 1.29 is 60.3 Å². The van der Waals surface area contributed by atoms with Gasteiger partial charge in [0, 0.05) is 60.8 Å². The van der Waals surface area contributed by atoms with Gasteiger partial charge in [-0.1, -0.05) is 39.0 Å². The molecule has 0 radical (unpaired) electrons. The zero-order valence-electron chi connectivity index (χ0n) is 60.2. The minimum absolute atomic E-state index is 0.0465. The molecule has 550 valence electrons. The van der Waals surface area contributed by atoms with Gasteiger partial charge in [0.1, 0.15) is 51.3 Å². The normalized spacial score (nSPS) is 18.0. The summed E-state index contributed by atoms with van der Waals surface area (Å²) in [5.74, 6) is 4.34. The van der Waals surface area contributed by atoms with Crippen LogP contribution in [0.25, 0.3) is 65.4 Å². The third kappa shape index (κ3) is 21.3. The highest BCUT2D eigenvalue weighted by atomic mass is 127. The van der Waals surface area contributed by atoms with Gasteiger partial charge < -0.3 is 29.2 Å². The van der Waals surface area contributed by atoms with Crippen LogP contribution in [0.5, 0.6) is 34.5 Å². The quantitative estimate of drug-likeness (QED) is 0.0837. The molecule has 3 fully saturated rings. The van der Waals surface area contributed by atoms with Crippen LogP contribution >= 0.6 is 45.2 Å². The van der Waals surface area contributed by atoms with E-state index in [1.54, 1.807) is 44.4 Å². The van der Waals surface area contributed by atoms with Crippen LogP contribution in [0, 0.1) is 59.5 Å². The lowest BCUT2D eigenvalue weighted by molar-refractivity contribution is -0.139. The molecule has 2 N–H and O–H groups in total. The van der Waals surface area contributed by atoms with Crippen LogP contribution < -0.4 is 18.9 Å². The Kier molecular flexibility index (Phi) is 26.7. The molecule has 21 heteroatoms. The Labute approximate surface area is 635 Å². The first-order valence-electron chi connectivity index (χ1n) is 35.3. The molecular formula is C84H86F6I2N6O7. The SMILES string of the molecule is CC1CCC(Oc2ccc3nc(C=O)ccc3c2C(F)(F)F)CC1.COc1ccc2nc(C)ccc2c1.Cc1ccc2c(C(F)(F)F)c(OC3CCC(C)CC3)ccc2n1.Cc1ccc2c(I)c(O)ccc2n1.Cc1ccc2c(I)c(OC3CCC(C)CC3)ccc2n1.Cc1ccc2cc(O)ccc2n1. The summed E-state index contributed by atoms with van der Waals surface area (Å²) in [6, 6.07) is 46.3. The van der Waals surface area contributed by atoms with Crippen molar-refractivity contribution in [1.29, 1.82) is 0 Å². The number of methoxy groups -OCH3 is 1. The second-order valence-electron chi connectivity index (χ2n) is 27.5. The molecule has 3 aliphatic carbocycles. The van der Waals surface area contributed by atoms with Gasteiger partial charge in [-0.2, -0.15) is 26.3 Å². The van der Waals surface area contributed by atoms with Crippen LogP contribution in [-0.2, 0) is 12.4 Å². The van der Waals surface area contributed by atoms with Crippen LogP contribution in [0.3, 0.4) is 0 Å². The third-order valence-electron chi connectivity index (χ3n) is 19.0. The van der Waals surface area contributed by atoms with Gasteiger partial charge in [-0.05, 0) is 314 Å². The Morgan fingerprint density at radius 1 is 0.390 bits per heavy atom. The van der Waals surface area contributed by atoms with E-state index in [1.165, 1.54) is 71.0 Å². The van der Waals surface area contributed by atoms with E-state index in [9.17, 15) is 41.4 Å². The van der Waals surface area contributed by atoms with E-state index in [0.717, 1.165) is 133 Å². The number of pyridine rings is 6. The number of alkyl halides is 6. The average Bonchev–Trinajstić information content (AvgIpc) is 0.778. The highest BCUT2D eigenvalue weighted by Crippen LogP contribution is 2.45. The standard InChI is InChI=1S/C18H18F3NO2.C18H20F3NO.C17H20INO.C11H11NO.C10H8INO.C10H9NO/c1-11-2-5-13(6-3-11)24-16-9-8-15-14(17(16)18(19,20)21)7-4-12(10-23)22-15;1-11-3-6-13(7-4-11)23-16-10-9-15-14(8-5-12(2)22-15)17(16)18(19,20)21;1-11-3-6-13(7-4-11)20-16-10-9-15-14(17(16)18)8-5-12(2)19-15;1-8-3-4-9-7-10(13-2)5-6-11(9)12-8;1-6-2-3-7-8(12-6)4-5-9(13)10(7)11;1-7-2-3-8-6-9(12)4-5-10(8)11-7/h4,7-11,13H,2-3,5-6H2,1H3;5,8-11,13H,3-4,6-7H2,1-2H3;5,8-11,13H,3-4,6-7H2,1-2H3;3-7H,1-2H3;2-5,13H,1H3;2-6,12H,1H3. The number of halogens is 8. The Morgan fingerprint density at radius 3 is 1.17 bits per heavy atom. The number of fused-ring (bicyclic) bond motifs is 6. The molecule has 3 saturated carbocycles. The first-order chi connectivity index (χ1) is 50.1. The summed E-state index contributed by atoms with van der Waals surface area (Å²) < 4.78 is 106. The van der Waals surface area contributed by atoms with Crippen LogP contribution in [-0.4, -0.2) is 71.8 Å². The number of aryl methyl sites for hydroxylation is 5. The average molecular weight is 1660 g/mol. The fourth-order valence-electron chi connectivity index (χ4n) is 13.1. The molecule has 105 heavy (non-hydrogen) atoms. The third-order valence-corrected chi connectivity index (χ3v) is 21.2. The van der Waals surface area contributed by atoms with E-state index in [1.807, 2.05) is 88.4 Å². The lowest BCUT2D eigenvalue weighted by atomic mass is 9.89. The van der Waals surface area contributed by atoms with Gasteiger partial charge in [-0.3, -0.25) is 29.7 Å². The lowest BCUT2D eigenvalue weighted by Gasteiger charge is -2.28. The van der Waals surface area contributed by atoms with Crippen LogP contribution in [0.1, 0.15) is 148 Å². The molecule has 13 nitrogen and oxygen atoms in total. The number of aldehydes is 1. The summed E-state index contributed by atoms with van der Waals surface area (Å²) in [6.45, 7) is 16.3. The van der Waals surface area contributed by atoms with Crippen LogP contribution in [0.2, 0.25) is 0 Å². The summed E-state index contributed by atoms with van der Waals surface area (Å²) in [7, 11) is 1.67. The molecule has 0 amide bonds. The van der Waals surface area contributed by atoms with Crippen molar-refractivity contribution in [3.63, 3.8) is 0 Å². The number of rotatable bonds is 8. The van der Waals surface area contributed by atoms with Crippen molar-refractivity contribution in [3.8, 4) is 34.5 Å². The van der Waals surface area contributed by atoms with Gasteiger partial charge in [0.25, 0.3) is 0 Å². The number of ether oxygens (including phenoxy) is 4. The van der Waals surface area contributed by atoms with Gasteiger partial charge in [-0.15, -0.1) is 0 Å². The fourth-order valence-corrected chi connectivity index (χ4v) is 14.5. The fraction of sp³-hybridized carbons (Fsp3) is 0.345. The van der Waals surface area contributed by atoms with E-state index in [4.69, 9.17) is 18.9 Å². The smallest absolute Gasteiger partial charge is 0.420 e. The van der Waals surface area contributed by atoms with Gasteiger partial charge in [0.2, 0.25) is 0 Å². The van der Waals surface area contributed by atoms with Crippen molar-refractivity contribution in [2.24, 2.45) is 17.8 Å². The molecule has 0 unspecified atom stereocenters. The molecule has 0 atom stereocenters. The zero-order valence-corrected chi connectivity index (χ0v) is 64.5. The second kappa shape index (κ2) is 35.6. The van der Waals surface area contributed by atoms with Gasteiger partial charge in [-0.25, -0.2) is 4.98 Å². The topological polar surface area (TPSA) is 172 Å². The van der Waals surface area contributed by atoms with Gasteiger partial charge >= 0.3 is 12.4 Å². The second-order valence-corrected chi connectivity index (χ2v) is 29.6. The molecule has 0 aliphatic heterocycles. The van der Waals surface area contributed by atoms with Crippen molar-refractivity contribution >= 4 is 117 Å². The summed E-state index contributed by atoms with van der Waals surface area (Å²) in [4.78, 5) is 36.5. The number of aromatic nitrogens is 6. The van der Waals surface area contributed by atoms with Crippen molar-refractivity contribution in [2.75, 3.05) is 7.11 Å². The highest BCUT2D eigenvalue weighted by molar-refractivity contribution is 14.1. The highest BCUT2D eigenvalue weighted by Gasteiger charge is 2.39. The van der Waals surface area contributed by atoms with Crippen molar-refractivity contribution in [2.45, 2.75) is 163 Å². The Bertz CT molecular complexity index is 4960. The molecule has 6 aromatic heterocycles. The number of phenols is 2. The summed E-state index contributed by atoms with van der Waals surface area (Å²) in [5.41, 5.74) is 7.77. The van der Waals surface area contributed by atoms with Gasteiger partial charge in [0.05, 0.1) is 65.7 Å². The minimum Gasteiger partial charge on any atom is -0.508 e. The summed E-state index contributed by atoms with van der Waals surface area (Å²) in [6.07, 6.45) is 3.56. The van der Waals surface area contributed by atoms with E-state index in [-0.39, 0.29) is 51.4 Å². The molecule has 6 aromatic carbocycles. The predicted octanol–water partition coefficient (Wildman–Crippen LogP) is 23.3. The maximum Gasteiger partial charge on any atom is 0.420 e.